The smallest absolute Gasteiger partial charge is 0.237 e. The van der Waals surface area contributed by atoms with Gasteiger partial charge < -0.3 is 14.8 Å². The summed E-state index contributed by atoms with van der Waals surface area (Å²) < 4.78 is 2.08. The zero-order chi connectivity index (χ0) is 17.2. The monoisotopic (exact) mass is 381 g/mol. The van der Waals surface area contributed by atoms with Crippen LogP contribution >= 0.6 is 12.4 Å². The van der Waals surface area contributed by atoms with Crippen LogP contribution in [0.5, 0.6) is 0 Å². The Morgan fingerprint density at radius 2 is 2.04 bits per heavy atom. The molecule has 2 saturated heterocycles. The molecule has 0 radical (unpaired) electrons. The fourth-order valence-corrected chi connectivity index (χ4v) is 5.09. The second-order valence-corrected chi connectivity index (χ2v) is 7.93. The van der Waals surface area contributed by atoms with Crippen molar-refractivity contribution in [3.8, 4) is 0 Å². The number of aromatic nitrogens is 2. The maximum absolute atomic E-state index is 13.2. The molecule has 0 spiro atoms. The van der Waals surface area contributed by atoms with E-state index in [1.165, 1.54) is 38.5 Å². The minimum Gasteiger partial charge on any atom is -0.338 e. The van der Waals surface area contributed by atoms with Gasteiger partial charge in [-0.15, -0.1) is 12.4 Å². The van der Waals surface area contributed by atoms with E-state index < -0.39 is 0 Å². The van der Waals surface area contributed by atoms with Crippen LogP contribution in [0.1, 0.15) is 50.4 Å². The van der Waals surface area contributed by atoms with Gasteiger partial charge in [-0.25, -0.2) is 4.98 Å². The van der Waals surface area contributed by atoms with Crippen molar-refractivity contribution in [3.05, 3.63) is 18.2 Å². The molecule has 1 aromatic heterocycles. The average molecular weight is 382 g/mol. The van der Waals surface area contributed by atoms with Crippen LogP contribution in [0, 0.1) is 5.92 Å². The molecule has 1 N–H and O–H groups in total. The van der Waals surface area contributed by atoms with E-state index in [9.17, 15) is 4.79 Å². The molecule has 1 aromatic rings. The molecule has 3 heterocycles. The summed E-state index contributed by atoms with van der Waals surface area (Å²) >= 11 is 0. The molecule has 26 heavy (non-hydrogen) atoms. The first kappa shape index (κ1) is 19.6. The van der Waals surface area contributed by atoms with Crippen molar-refractivity contribution in [3.63, 3.8) is 0 Å². The summed E-state index contributed by atoms with van der Waals surface area (Å²) in [6.45, 7) is 4.21. The summed E-state index contributed by atoms with van der Waals surface area (Å²) in [5.41, 5.74) is 0. The molecule has 1 amide bonds. The Balaban J connectivity index is 0.00000196. The summed E-state index contributed by atoms with van der Waals surface area (Å²) in [6.07, 6.45) is 11.5. The number of amides is 1. The second kappa shape index (κ2) is 8.72. The molecule has 1 saturated carbocycles. The van der Waals surface area contributed by atoms with Crippen LogP contribution in [0.3, 0.4) is 0 Å². The molecular weight excluding hydrogens is 350 g/mol. The van der Waals surface area contributed by atoms with Gasteiger partial charge in [0, 0.05) is 51.7 Å². The number of nitrogens with zero attached hydrogens (tertiary/aromatic N) is 4. The zero-order valence-corrected chi connectivity index (χ0v) is 16.6. The van der Waals surface area contributed by atoms with Crippen molar-refractivity contribution in [2.45, 2.75) is 50.6 Å². The van der Waals surface area contributed by atoms with Crippen LogP contribution in [0.2, 0.25) is 0 Å². The summed E-state index contributed by atoms with van der Waals surface area (Å²) in [6, 6.07) is 0.689. The number of imidazole rings is 1. The van der Waals surface area contributed by atoms with Crippen LogP contribution in [0.25, 0.3) is 0 Å². The Bertz CT molecular complexity index is 605. The number of hydrogen-bond donors (Lipinski definition) is 1. The molecule has 2 aliphatic heterocycles. The van der Waals surface area contributed by atoms with E-state index in [1.54, 1.807) is 0 Å². The van der Waals surface area contributed by atoms with E-state index in [0.29, 0.717) is 18.5 Å². The van der Waals surface area contributed by atoms with Crippen LogP contribution in [0.4, 0.5) is 0 Å². The van der Waals surface area contributed by atoms with E-state index in [2.05, 4.69) is 24.7 Å². The quantitative estimate of drug-likeness (QED) is 0.869. The van der Waals surface area contributed by atoms with Crippen molar-refractivity contribution < 1.29 is 4.79 Å². The summed E-state index contributed by atoms with van der Waals surface area (Å²) in [5.74, 6) is 2.13. The third-order valence-corrected chi connectivity index (χ3v) is 6.41. The molecule has 3 atom stereocenters. The summed E-state index contributed by atoms with van der Waals surface area (Å²) in [7, 11) is 2.04. The maximum atomic E-state index is 13.2. The summed E-state index contributed by atoms with van der Waals surface area (Å²) in [4.78, 5) is 22.2. The molecule has 3 unspecified atom stereocenters. The molecule has 6 nitrogen and oxygen atoms in total. The van der Waals surface area contributed by atoms with E-state index >= 15 is 0 Å². The van der Waals surface area contributed by atoms with Gasteiger partial charge in [-0.3, -0.25) is 9.69 Å². The number of piperidine rings is 1. The van der Waals surface area contributed by atoms with Crippen LogP contribution in [0.15, 0.2) is 12.4 Å². The normalized spacial score (nSPS) is 29.7. The van der Waals surface area contributed by atoms with Crippen molar-refractivity contribution in [2.75, 3.05) is 32.7 Å². The predicted octanol–water partition coefficient (Wildman–Crippen LogP) is 1.97. The number of rotatable bonds is 3. The van der Waals surface area contributed by atoms with Gasteiger partial charge in [-0.1, -0.05) is 12.8 Å². The minimum atomic E-state index is 0. The number of fused-ring (bicyclic) bond motifs is 1. The van der Waals surface area contributed by atoms with E-state index in [1.807, 2.05) is 19.4 Å². The Kier molecular flexibility index (Phi) is 6.59. The van der Waals surface area contributed by atoms with Crippen molar-refractivity contribution in [2.24, 2.45) is 13.0 Å². The van der Waals surface area contributed by atoms with Gasteiger partial charge in [0.15, 0.2) is 0 Å². The minimum absolute atomic E-state index is 0. The van der Waals surface area contributed by atoms with Gasteiger partial charge in [-0.05, 0) is 31.6 Å². The van der Waals surface area contributed by atoms with Gasteiger partial charge >= 0.3 is 0 Å². The molecule has 3 fully saturated rings. The number of nitrogens with one attached hydrogen (secondary N) is 1. The number of aryl methyl sites for hydroxylation is 1. The molecule has 4 rings (SSSR count). The number of carbonyl (C=O) groups is 1. The highest BCUT2D eigenvalue weighted by molar-refractivity contribution is 5.85. The van der Waals surface area contributed by atoms with Gasteiger partial charge in [0.25, 0.3) is 0 Å². The van der Waals surface area contributed by atoms with Crippen LogP contribution < -0.4 is 5.32 Å². The molecule has 3 aliphatic rings. The predicted molar refractivity (Wildman–Crippen MR) is 104 cm³/mol. The fraction of sp³-hybridized carbons (Fsp3) is 0.789. The summed E-state index contributed by atoms with van der Waals surface area (Å²) in [5, 5.41) is 3.46. The topological polar surface area (TPSA) is 53.4 Å². The van der Waals surface area contributed by atoms with Gasteiger partial charge in [0.1, 0.15) is 5.82 Å². The lowest BCUT2D eigenvalue weighted by molar-refractivity contribution is -0.139. The highest BCUT2D eigenvalue weighted by Gasteiger charge is 2.37. The first-order valence-electron chi connectivity index (χ1n) is 9.95. The molecule has 146 valence electrons. The van der Waals surface area contributed by atoms with Crippen molar-refractivity contribution in [1.82, 2.24) is 24.7 Å². The number of carbonyl (C=O) groups excluding carboxylic acids is 1. The molecular formula is C19H32ClN5O. The SMILES string of the molecule is Cl.Cn1ccnc1C1CNCCN1CC(=O)N1CCCC2CCCCC21. The van der Waals surface area contributed by atoms with Gasteiger partial charge in [-0.2, -0.15) is 0 Å². The van der Waals surface area contributed by atoms with E-state index in [-0.39, 0.29) is 18.4 Å². The van der Waals surface area contributed by atoms with Crippen molar-refractivity contribution >= 4 is 18.3 Å². The highest BCUT2D eigenvalue weighted by atomic mass is 35.5. The van der Waals surface area contributed by atoms with E-state index in [4.69, 9.17) is 0 Å². The lowest BCUT2D eigenvalue weighted by Gasteiger charge is -2.45. The first-order valence-corrected chi connectivity index (χ1v) is 9.95. The molecule has 1 aliphatic carbocycles. The third kappa shape index (κ3) is 3.92. The Morgan fingerprint density at radius 1 is 1.23 bits per heavy atom. The molecule has 7 heteroatoms. The highest BCUT2D eigenvalue weighted by Crippen LogP contribution is 2.35. The lowest BCUT2D eigenvalue weighted by atomic mass is 9.78. The first-order chi connectivity index (χ1) is 12.2. The lowest BCUT2D eigenvalue weighted by Crippen LogP contribution is -2.55. The van der Waals surface area contributed by atoms with E-state index in [0.717, 1.165) is 37.9 Å². The zero-order valence-electron chi connectivity index (χ0n) is 15.8. The van der Waals surface area contributed by atoms with Gasteiger partial charge in [0.2, 0.25) is 5.91 Å². The Labute approximate surface area is 162 Å². The van der Waals surface area contributed by atoms with Crippen LogP contribution in [-0.4, -0.2) is 64.0 Å². The molecule has 0 bridgehead atoms. The maximum Gasteiger partial charge on any atom is 0.237 e. The fourth-order valence-electron chi connectivity index (χ4n) is 5.09. The standard InChI is InChI=1S/C19H31N5O.ClH/c1-22-11-9-21-19(22)17-13-20-8-12-23(17)14-18(25)24-10-4-6-15-5-2-3-7-16(15)24;/h9,11,15-17,20H,2-8,10,12-14H2,1H3;1H. The number of piperazine rings is 1. The molecule has 0 aromatic carbocycles. The van der Waals surface area contributed by atoms with Crippen LogP contribution in [-0.2, 0) is 11.8 Å². The number of likely N-dealkylation sites (tertiary alicyclic amines) is 1. The Hall–Kier alpha value is -1.11. The average Bonchev–Trinajstić information content (AvgIpc) is 3.07. The largest absolute Gasteiger partial charge is 0.338 e. The van der Waals surface area contributed by atoms with Crippen molar-refractivity contribution in [1.29, 1.82) is 0 Å². The second-order valence-electron chi connectivity index (χ2n) is 7.93. The number of hydrogen-bond acceptors (Lipinski definition) is 4. The third-order valence-electron chi connectivity index (χ3n) is 6.41. The Morgan fingerprint density at radius 3 is 2.85 bits per heavy atom. The number of halogens is 1. The van der Waals surface area contributed by atoms with Gasteiger partial charge in [0.05, 0.1) is 12.6 Å².